The van der Waals surface area contributed by atoms with Gasteiger partial charge in [0, 0.05) is 5.56 Å². The molecule has 2 N–H and O–H groups in total. The van der Waals surface area contributed by atoms with E-state index in [0.717, 1.165) is 11.1 Å². The number of aliphatic hydroxyl groups is 1. The molecule has 0 saturated heterocycles. The van der Waals surface area contributed by atoms with Crippen molar-refractivity contribution in [1.29, 1.82) is 0 Å². The number of rotatable bonds is 8. The first-order valence-electron chi connectivity index (χ1n) is 7.46. The lowest BCUT2D eigenvalue weighted by Gasteiger charge is -2.13. The van der Waals surface area contributed by atoms with Crippen molar-refractivity contribution >= 4 is 6.21 Å². The van der Waals surface area contributed by atoms with E-state index in [-0.39, 0.29) is 6.61 Å². The molecule has 2 rings (SSSR count). The van der Waals surface area contributed by atoms with Gasteiger partial charge in [-0.25, -0.2) is 0 Å². The summed E-state index contributed by atoms with van der Waals surface area (Å²) in [6, 6.07) is 13.8. The summed E-state index contributed by atoms with van der Waals surface area (Å²) in [7, 11) is 1.61. The highest BCUT2D eigenvalue weighted by Crippen LogP contribution is 2.30. The van der Waals surface area contributed by atoms with Crippen LogP contribution in [0.2, 0.25) is 0 Å². The van der Waals surface area contributed by atoms with Crippen molar-refractivity contribution < 1.29 is 14.6 Å². The Balaban J connectivity index is 2.16. The van der Waals surface area contributed by atoms with Gasteiger partial charge < -0.3 is 20.0 Å². The van der Waals surface area contributed by atoms with Crippen molar-refractivity contribution in [3.8, 4) is 11.5 Å². The number of aryl methyl sites for hydroxylation is 1. The maximum Gasteiger partial charge on any atom is 0.170 e. The van der Waals surface area contributed by atoms with Gasteiger partial charge in [-0.2, -0.15) is 5.10 Å². The Kier molecular flexibility index (Phi) is 6.44. The number of nitrogens with zero attached hydrogens (tertiary/aromatic N) is 1. The molecule has 122 valence electrons. The van der Waals surface area contributed by atoms with Crippen molar-refractivity contribution in [3.63, 3.8) is 0 Å². The lowest BCUT2D eigenvalue weighted by Crippen LogP contribution is -2.11. The normalized spacial score (nSPS) is 10.7. The number of ether oxygens (including phenoxy) is 2. The summed E-state index contributed by atoms with van der Waals surface area (Å²) in [5.41, 5.74) is 5.85. The molecule has 0 aliphatic heterocycles. The molecule has 0 spiro atoms. The summed E-state index contributed by atoms with van der Waals surface area (Å²) < 4.78 is 11.3. The first-order chi connectivity index (χ1) is 11.2. The summed E-state index contributed by atoms with van der Waals surface area (Å²) in [6.45, 7) is 2.94. The molecule has 0 fully saturated rings. The summed E-state index contributed by atoms with van der Waals surface area (Å²) in [5, 5.41) is 12.8. The van der Waals surface area contributed by atoms with E-state index in [9.17, 15) is 0 Å². The highest BCUT2D eigenvalue weighted by Gasteiger charge is 2.09. The van der Waals surface area contributed by atoms with E-state index in [4.69, 9.17) is 14.6 Å². The SMILES string of the molecule is COc1cccc(C=NNCCO)c1OCc1cccc(C)c1. The molecular weight excluding hydrogens is 292 g/mol. The van der Waals surface area contributed by atoms with Gasteiger partial charge in [-0.15, -0.1) is 0 Å². The molecule has 5 nitrogen and oxygen atoms in total. The molecule has 0 radical (unpaired) electrons. The van der Waals surface area contributed by atoms with E-state index in [1.54, 1.807) is 13.3 Å². The van der Waals surface area contributed by atoms with Gasteiger partial charge in [0.15, 0.2) is 11.5 Å². The van der Waals surface area contributed by atoms with E-state index < -0.39 is 0 Å². The van der Waals surface area contributed by atoms with Crippen LogP contribution in [-0.2, 0) is 6.61 Å². The third-order valence-electron chi connectivity index (χ3n) is 3.21. The van der Waals surface area contributed by atoms with Gasteiger partial charge >= 0.3 is 0 Å². The minimum absolute atomic E-state index is 0.0339. The molecule has 0 aliphatic rings. The highest BCUT2D eigenvalue weighted by molar-refractivity contribution is 5.84. The molecule has 0 aliphatic carbocycles. The van der Waals surface area contributed by atoms with Gasteiger partial charge in [-0.3, -0.25) is 0 Å². The molecule has 0 saturated carbocycles. The second-order valence-electron chi connectivity index (χ2n) is 5.05. The molecule has 23 heavy (non-hydrogen) atoms. The van der Waals surface area contributed by atoms with Crippen LogP contribution >= 0.6 is 0 Å². The second-order valence-corrected chi connectivity index (χ2v) is 5.05. The number of aliphatic hydroxyl groups excluding tert-OH is 1. The Morgan fingerprint density at radius 2 is 2.04 bits per heavy atom. The van der Waals surface area contributed by atoms with E-state index in [1.807, 2.05) is 30.3 Å². The van der Waals surface area contributed by atoms with Gasteiger partial charge in [-0.1, -0.05) is 35.9 Å². The van der Waals surface area contributed by atoms with Crippen LogP contribution in [0.4, 0.5) is 0 Å². The van der Waals surface area contributed by atoms with E-state index >= 15 is 0 Å². The Labute approximate surface area is 136 Å². The summed E-state index contributed by atoms with van der Waals surface area (Å²) >= 11 is 0. The number of methoxy groups -OCH3 is 1. The van der Waals surface area contributed by atoms with Crippen molar-refractivity contribution in [2.45, 2.75) is 13.5 Å². The average molecular weight is 314 g/mol. The van der Waals surface area contributed by atoms with Crippen molar-refractivity contribution in [2.75, 3.05) is 20.3 Å². The number of hydrogen-bond donors (Lipinski definition) is 2. The Hall–Kier alpha value is -2.53. The average Bonchev–Trinajstić information content (AvgIpc) is 2.57. The standard InChI is InChI=1S/C18H22N2O3/c1-14-5-3-6-15(11-14)13-23-18-16(12-20-19-9-10-21)7-4-8-17(18)22-2/h3-8,11-12,19,21H,9-10,13H2,1-2H3. The predicted molar refractivity (Wildman–Crippen MR) is 91.2 cm³/mol. The smallest absolute Gasteiger partial charge is 0.170 e. The van der Waals surface area contributed by atoms with Crippen molar-refractivity contribution in [3.05, 3.63) is 59.2 Å². The maximum absolute atomic E-state index is 8.75. The lowest BCUT2D eigenvalue weighted by atomic mass is 10.1. The molecule has 5 heteroatoms. The number of nitrogens with one attached hydrogen (secondary N) is 1. The van der Waals surface area contributed by atoms with Crippen LogP contribution in [0.25, 0.3) is 0 Å². The molecule has 0 bridgehead atoms. The number of hydrazone groups is 1. The van der Waals surface area contributed by atoms with Crippen LogP contribution in [-0.4, -0.2) is 31.6 Å². The van der Waals surface area contributed by atoms with Crippen molar-refractivity contribution in [1.82, 2.24) is 5.43 Å². The fourth-order valence-electron chi connectivity index (χ4n) is 2.14. The number of benzene rings is 2. The molecule has 2 aromatic carbocycles. The number of para-hydroxylation sites is 1. The zero-order chi connectivity index (χ0) is 16.5. The predicted octanol–water partition coefficient (Wildman–Crippen LogP) is 2.50. The second kappa shape index (κ2) is 8.80. The van der Waals surface area contributed by atoms with Gasteiger partial charge in [-0.05, 0) is 24.6 Å². The molecule has 0 amide bonds. The molecule has 0 heterocycles. The van der Waals surface area contributed by atoms with Crippen LogP contribution in [0, 0.1) is 6.92 Å². The largest absolute Gasteiger partial charge is 0.493 e. The van der Waals surface area contributed by atoms with E-state index in [1.165, 1.54) is 5.56 Å². The molecule has 0 aromatic heterocycles. The van der Waals surface area contributed by atoms with E-state index in [2.05, 4.69) is 29.6 Å². The summed E-state index contributed by atoms with van der Waals surface area (Å²) in [6.07, 6.45) is 1.66. The monoisotopic (exact) mass is 314 g/mol. The van der Waals surface area contributed by atoms with Crippen LogP contribution in [0.3, 0.4) is 0 Å². The van der Waals surface area contributed by atoms with E-state index in [0.29, 0.717) is 24.7 Å². The first kappa shape index (κ1) is 16.8. The minimum atomic E-state index is 0.0339. The zero-order valence-electron chi connectivity index (χ0n) is 13.5. The molecule has 0 atom stereocenters. The molecule has 2 aromatic rings. The zero-order valence-corrected chi connectivity index (χ0v) is 13.5. The third kappa shape index (κ3) is 5.00. The maximum atomic E-state index is 8.75. The molecule has 0 unspecified atom stereocenters. The Morgan fingerprint density at radius 1 is 1.22 bits per heavy atom. The minimum Gasteiger partial charge on any atom is -0.493 e. The van der Waals surface area contributed by atoms with Crippen molar-refractivity contribution in [2.24, 2.45) is 5.10 Å². The summed E-state index contributed by atoms with van der Waals surface area (Å²) in [4.78, 5) is 0. The fourth-order valence-corrected chi connectivity index (χ4v) is 2.14. The third-order valence-corrected chi connectivity index (χ3v) is 3.21. The van der Waals surface area contributed by atoms with Gasteiger partial charge in [0.1, 0.15) is 6.61 Å². The first-order valence-corrected chi connectivity index (χ1v) is 7.46. The van der Waals surface area contributed by atoms with Crippen LogP contribution in [0.5, 0.6) is 11.5 Å². The van der Waals surface area contributed by atoms with Crippen LogP contribution in [0.15, 0.2) is 47.6 Å². The van der Waals surface area contributed by atoms with Gasteiger partial charge in [0.05, 0.1) is 26.5 Å². The quantitative estimate of drug-likeness (QED) is 0.446. The van der Waals surface area contributed by atoms with Crippen LogP contribution in [0.1, 0.15) is 16.7 Å². The Morgan fingerprint density at radius 3 is 2.78 bits per heavy atom. The molecular formula is C18H22N2O3. The lowest BCUT2D eigenvalue weighted by molar-refractivity contribution is 0.284. The van der Waals surface area contributed by atoms with Crippen LogP contribution < -0.4 is 14.9 Å². The summed E-state index contributed by atoms with van der Waals surface area (Å²) in [5.74, 6) is 1.30. The fraction of sp³-hybridized carbons (Fsp3) is 0.278. The number of hydrogen-bond acceptors (Lipinski definition) is 5. The van der Waals surface area contributed by atoms with Gasteiger partial charge in [0.2, 0.25) is 0 Å². The van der Waals surface area contributed by atoms with Gasteiger partial charge in [0.25, 0.3) is 0 Å². The highest BCUT2D eigenvalue weighted by atomic mass is 16.5. The Bertz CT molecular complexity index is 656. The topological polar surface area (TPSA) is 63.1 Å².